The normalized spacial score (nSPS) is 18.1. The number of fused-ring (bicyclic) bond motifs is 1. The number of guanidine groups is 1. The Labute approximate surface area is 145 Å². The molecule has 1 aromatic carbocycles. The second-order valence-corrected chi connectivity index (χ2v) is 5.94. The number of nitrogens with zero attached hydrogens (tertiary/aromatic N) is 3. The first-order valence-corrected chi connectivity index (χ1v) is 7.90. The Balaban J connectivity index is 2.10. The van der Waals surface area contributed by atoms with Crippen molar-refractivity contribution in [2.24, 2.45) is 21.7 Å². The van der Waals surface area contributed by atoms with E-state index in [1.54, 1.807) is 19.4 Å². The van der Waals surface area contributed by atoms with E-state index in [0.29, 0.717) is 12.2 Å². The van der Waals surface area contributed by atoms with Crippen LogP contribution in [0.25, 0.3) is 0 Å². The van der Waals surface area contributed by atoms with E-state index in [9.17, 15) is 0 Å². The summed E-state index contributed by atoms with van der Waals surface area (Å²) in [7, 11) is 1.62. The van der Waals surface area contributed by atoms with Crippen molar-refractivity contribution in [2.45, 2.75) is 18.8 Å². The van der Waals surface area contributed by atoms with E-state index in [2.05, 4.69) is 15.2 Å². The lowest BCUT2D eigenvalue weighted by atomic mass is 9.81. The molecule has 4 N–H and O–H groups in total. The number of hydrogen-bond acceptors (Lipinski definition) is 4. The van der Waals surface area contributed by atoms with Gasteiger partial charge in [-0.2, -0.15) is 5.10 Å². The smallest absolute Gasteiger partial charge is 0.211 e. The van der Waals surface area contributed by atoms with Gasteiger partial charge in [-0.25, -0.2) is 0 Å². The zero-order chi connectivity index (χ0) is 17.1. The maximum absolute atomic E-state index is 6.37. The Morgan fingerprint density at radius 2 is 2.04 bits per heavy atom. The van der Waals surface area contributed by atoms with Gasteiger partial charge in [-0.3, -0.25) is 4.98 Å². The second-order valence-electron chi connectivity index (χ2n) is 5.53. The summed E-state index contributed by atoms with van der Waals surface area (Å²) in [4.78, 5) is 4.50. The molecule has 0 saturated carbocycles. The molecule has 0 amide bonds. The molecule has 2 aromatic rings. The van der Waals surface area contributed by atoms with Gasteiger partial charge in [-0.1, -0.05) is 29.8 Å². The molecule has 6 nitrogen and oxygen atoms in total. The predicted molar refractivity (Wildman–Crippen MR) is 95.6 cm³/mol. The lowest BCUT2D eigenvalue weighted by Gasteiger charge is -2.26. The van der Waals surface area contributed by atoms with Crippen LogP contribution in [0.2, 0.25) is 5.02 Å². The second kappa shape index (κ2) is 6.88. The zero-order valence-corrected chi connectivity index (χ0v) is 14.0. The summed E-state index contributed by atoms with van der Waals surface area (Å²) < 4.78 is 5.46. The molecule has 0 saturated heterocycles. The van der Waals surface area contributed by atoms with E-state index in [1.165, 1.54) is 0 Å². The zero-order valence-electron chi connectivity index (χ0n) is 13.2. The number of hydrogen-bond donors (Lipinski definition) is 2. The highest BCUT2D eigenvalue weighted by Gasteiger charge is 2.29. The molecule has 0 spiro atoms. The molecule has 0 aliphatic heterocycles. The maximum Gasteiger partial charge on any atom is 0.211 e. The summed E-state index contributed by atoms with van der Waals surface area (Å²) in [5, 5.41) is 8.78. The maximum atomic E-state index is 6.37. The fourth-order valence-electron chi connectivity index (χ4n) is 2.99. The number of pyridine rings is 1. The molecular weight excluding hydrogens is 326 g/mol. The van der Waals surface area contributed by atoms with Crippen LogP contribution in [0.5, 0.6) is 5.75 Å². The number of halogens is 1. The summed E-state index contributed by atoms with van der Waals surface area (Å²) in [5.41, 5.74) is 14.4. The molecule has 1 unspecified atom stereocenters. The third-order valence-corrected chi connectivity index (χ3v) is 4.35. The van der Waals surface area contributed by atoms with E-state index in [0.717, 1.165) is 34.0 Å². The molecule has 0 fully saturated rings. The number of rotatable bonds is 3. The molecule has 7 heteroatoms. The van der Waals surface area contributed by atoms with Crippen LogP contribution in [0, 0.1) is 0 Å². The summed E-state index contributed by atoms with van der Waals surface area (Å²) in [6.07, 6.45) is 3.12. The van der Waals surface area contributed by atoms with Gasteiger partial charge in [0.25, 0.3) is 0 Å². The molecule has 3 rings (SSSR count). The summed E-state index contributed by atoms with van der Waals surface area (Å²) in [5.74, 6) is 0.771. The van der Waals surface area contributed by atoms with Crippen molar-refractivity contribution in [2.75, 3.05) is 7.11 Å². The van der Waals surface area contributed by atoms with Gasteiger partial charge < -0.3 is 16.2 Å². The average molecular weight is 344 g/mol. The Morgan fingerprint density at radius 3 is 2.75 bits per heavy atom. The Bertz CT molecular complexity index is 814. The molecule has 24 heavy (non-hydrogen) atoms. The van der Waals surface area contributed by atoms with Crippen LogP contribution in [0.3, 0.4) is 0 Å². The van der Waals surface area contributed by atoms with E-state index in [1.807, 2.05) is 24.3 Å². The van der Waals surface area contributed by atoms with Crippen LogP contribution in [0.1, 0.15) is 29.2 Å². The van der Waals surface area contributed by atoms with Crippen LogP contribution in [0.15, 0.2) is 46.7 Å². The number of nitrogens with two attached hydrogens (primary N) is 2. The fraction of sp³-hybridized carbons (Fsp3) is 0.235. The number of ether oxygens (including phenoxy) is 1. The van der Waals surface area contributed by atoms with Crippen molar-refractivity contribution in [1.82, 2.24) is 4.98 Å². The van der Waals surface area contributed by atoms with Gasteiger partial charge in [0.1, 0.15) is 5.75 Å². The van der Waals surface area contributed by atoms with Gasteiger partial charge in [-0.15, -0.1) is 5.10 Å². The molecule has 1 aliphatic carbocycles. The molecule has 0 bridgehead atoms. The van der Waals surface area contributed by atoms with Crippen molar-refractivity contribution in [3.63, 3.8) is 0 Å². The van der Waals surface area contributed by atoms with E-state index in [4.69, 9.17) is 27.8 Å². The Kier molecular flexibility index (Phi) is 4.66. The van der Waals surface area contributed by atoms with Crippen molar-refractivity contribution in [3.8, 4) is 5.75 Å². The van der Waals surface area contributed by atoms with Crippen LogP contribution in [-0.2, 0) is 6.42 Å². The summed E-state index contributed by atoms with van der Waals surface area (Å²) in [6, 6.07) is 9.61. The lowest BCUT2D eigenvalue weighted by Crippen LogP contribution is -2.24. The highest BCUT2D eigenvalue weighted by Crippen LogP contribution is 2.38. The third-order valence-electron chi connectivity index (χ3n) is 4.01. The van der Waals surface area contributed by atoms with E-state index < -0.39 is 0 Å². The van der Waals surface area contributed by atoms with E-state index >= 15 is 0 Å². The highest BCUT2D eigenvalue weighted by molar-refractivity contribution is 6.31. The first-order chi connectivity index (χ1) is 11.6. The van der Waals surface area contributed by atoms with Gasteiger partial charge in [0.05, 0.1) is 24.1 Å². The van der Waals surface area contributed by atoms with Crippen molar-refractivity contribution in [1.29, 1.82) is 0 Å². The third kappa shape index (κ3) is 3.19. The molecule has 1 atom stereocenters. The van der Waals surface area contributed by atoms with Crippen LogP contribution in [-0.4, -0.2) is 23.8 Å². The predicted octanol–water partition coefficient (Wildman–Crippen LogP) is 2.45. The summed E-state index contributed by atoms with van der Waals surface area (Å²) in [6.45, 7) is 0. The molecule has 1 aliphatic rings. The fourth-order valence-corrected chi connectivity index (χ4v) is 3.28. The molecule has 1 heterocycles. The van der Waals surface area contributed by atoms with Crippen LogP contribution >= 0.6 is 11.6 Å². The van der Waals surface area contributed by atoms with Crippen molar-refractivity contribution < 1.29 is 4.74 Å². The molecular formula is C17H18ClN5O. The van der Waals surface area contributed by atoms with E-state index in [-0.39, 0.29) is 11.9 Å². The van der Waals surface area contributed by atoms with Crippen LogP contribution in [0.4, 0.5) is 0 Å². The first kappa shape index (κ1) is 16.3. The largest absolute Gasteiger partial charge is 0.496 e. The van der Waals surface area contributed by atoms with Gasteiger partial charge >= 0.3 is 0 Å². The Hall–Kier alpha value is -2.60. The van der Waals surface area contributed by atoms with Gasteiger partial charge in [0, 0.05) is 11.2 Å². The minimum absolute atomic E-state index is 0.0909. The standard InChI is InChI=1S/C17H18ClN5O/c1-24-15-6-7-21-13-8-10(11-4-2-3-5-12(11)18)9-14(16(13)15)22-23-17(19)20/h2-7,10H,8-9H2,1H3,(H4,19,20,23)/b22-14+. The molecule has 124 valence electrons. The number of methoxy groups -OCH3 is 1. The number of benzene rings is 1. The lowest BCUT2D eigenvalue weighted by molar-refractivity contribution is 0.411. The average Bonchev–Trinajstić information content (AvgIpc) is 2.59. The Morgan fingerprint density at radius 1 is 1.25 bits per heavy atom. The monoisotopic (exact) mass is 343 g/mol. The molecule has 1 aromatic heterocycles. The quantitative estimate of drug-likeness (QED) is 0.508. The van der Waals surface area contributed by atoms with Crippen LogP contribution < -0.4 is 16.2 Å². The minimum Gasteiger partial charge on any atom is -0.496 e. The van der Waals surface area contributed by atoms with Gasteiger partial charge in [-0.05, 0) is 36.5 Å². The SMILES string of the molecule is COc1ccnc2c1/C(=N/N=C(N)N)CC(c1ccccc1Cl)C2. The number of aromatic nitrogens is 1. The highest BCUT2D eigenvalue weighted by atomic mass is 35.5. The topological polar surface area (TPSA) is 98.9 Å². The van der Waals surface area contributed by atoms with Gasteiger partial charge in [0.15, 0.2) is 0 Å². The van der Waals surface area contributed by atoms with Crippen molar-refractivity contribution in [3.05, 3.63) is 58.4 Å². The van der Waals surface area contributed by atoms with Crippen molar-refractivity contribution >= 4 is 23.3 Å². The molecule has 0 radical (unpaired) electrons. The minimum atomic E-state index is -0.0909. The summed E-state index contributed by atoms with van der Waals surface area (Å²) >= 11 is 6.37. The first-order valence-electron chi connectivity index (χ1n) is 7.52. The van der Waals surface area contributed by atoms with Gasteiger partial charge in [0.2, 0.25) is 5.96 Å².